The molecule has 0 unspecified atom stereocenters. The van der Waals surface area contributed by atoms with Crippen LogP contribution in [0.5, 0.6) is 0 Å². The average Bonchev–Trinajstić information content (AvgIpc) is 3.60. The third kappa shape index (κ3) is 3.34. The van der Waals surface area contributed by atoms with Gasteiger partial charge in [-0.25, -0.2) is 0 Å². The highest BCUT2D eigenvalue weighted by Gasteiger charge is 2.52. The molecule has 7 aromatic rings. The molecule has 222 valence electrons. The molecule has 1 aliphatic heterocycles. The number of hydrogen-bond acceptors (Lipinski definition) is 1. The molecule has 1 spiro atoms. The summed E-state index contributed by atoms with van der Waals surface area (Å²) in [6, 6.07) is 61.0. The number of para-hydroxylation sites is 2. The molecule has 0 N–H and O–H groups in total. The summed E-state index contributed by atoms with van der Waals surface area (Å²) < 4.78 is 0. The monoisotopic (exact) mass is 599 g/mol. The highest BCUT2D eigenvalue weighted by molar-refractivity contribution is 6.00. The number of benzene rings is 7. The lowest BCUT2D eigenvalue weighted by molar-refractivity contribution is 0.632. The smallest absolute Gasteiger partial charge is 0.0725 e. The largest absolute Gasteiger partial charge is 0.310 e. The van der Waals surface area contributed by atoms with Gasteiger partial charge in [-0.15, -0.1) is 0 Å². The van der Waals surface area contributed by atoms with Gasteiger partial charge in [-0.3, -0.25) is 0 Å². The van der Waals surface area contributed by atoms with Gasteiger partial charge in [-0.2, -0.15) is 0 Å². The van der Waals surface area contributed by atoms with E-state index in [-0.39, 0.29) is 10.8 Å². The van der Waals surface area contributed by atoms with Gasteiger partial charge in [0, 0.05) is 11.1 Å². The first-order valence-electron chi connectivity index (χ1n) is 16.6. The molecule has 3 aliphatic rings. The van der Waals surface area contributed by atoms with E-state index in [9.17, 15) is 0 Å². The van der Waals surface area contributed by atoms with E-state index >= 15 is 0 Å². The number of hydrogen-bond donors (Lipinski definition) is 0. The summed E-state index contributed by atoms with van der Waals surface area (Å²) in [6.45, 7) is 4.68. The molecular weight excluding hydrogens is 567 g/mol. The minimum Gasteiger partial charge on any atom is -0.310 e. The summed E-state index contributed by atoms with van der Waals surface area (Å²) in [5.41, 5.74) is 19.3. The first kappa shape index (κ1) is 26.5. The summed E-state index contributed by atoms with van der Waals surface area (Å²) in [5, 5.41) is 0. The molecule has 0 saturated heterocycles. The molecule has 0 saturated carbocycles. The van der Waals surface area contributed by atoms with Gasteiger partial charge in [-0.1, -0.05) is 153 Å². The number of rotatable bonds is 2. The lowest BCUT2D eigenvalue weighted by Gasteiger charge is -2.42. The second-order valence-electron chi connectivity index (χ2n) is 13.7. The van der Waals surface area contributed by atoms with Crippen molar-refractivity contribution in [3.05, 3.63) is 197 Å². The lowest BCUT2D eigenvalue weighted by Crippen LogP contribution is -2.30. The van der Waals surface area contributed by atoms with Gasteiger partial charge in [0.25, 0.3) is 0 Å². The maximum absolute atomic E-state index is 2.44. The molecule has 0 bridgehead atoms. The van der Waals surface area contributed by atoms with Gasteiger partial charge in [0.2, 0.25) is 0 Å². The quantitative estimate of drug-likeness (QED) is 0.191. The number of fused-ring (bicyclic) bond motifs is 12. The van der Waals surface area contributed by atoms with E-state index in [0.717, 1.165) is 0 Å². The Morgan fingerprint density at radius 3 is 1.36 bits per heavy atom. The van der Waals surface area contributed by atoms with Crippen molar-refractivity contribution in [1.82, 2.24) is 0 Å². The van der Waals surface area contributed by atoms with Crippen LogP contribution >= 0.6 is 0 Å². The second-order valence-corrected chi connectivity index (χ2v) is 13.7. The fraction of sp³-hybridized carbons (Fsp3) is 0.0870. The molecule has 0 amide bonds. The van der Waals surface area contributed by atoms with E-state index in [1.165, 1.54) is 83.8 Å². The summed E-state index contributed by atoms with van der Waals surface area (Å²) >= 11 is 0. The third-order valence-electron chi connectivity index (χ3n) is 11.1. The molecule has 0 aromatic heterocycles. The van der Waals surface area contributed by atoms with Crippen molar-refractivity contribution >= 4 is 17.1 Å². The van der Waals surface area contributed by atoms with Crippen molar-refractivity contribution in [1.29, 1.82) is 0 Å². The number of nitrogens with zero attached hydrogens (tertiary/aromatic N) is 1. The SMILES string of the molecule is CC1(C)c2ccccc2N(c2ccc(-c3cccc4c3-c3ccccc3C43c4ccccc4-c4ccccc43)cc2)c2ccccc21. The van der Waals surface area contributed by atoms with Gasteiger partial charge in [0.1, 0.15) is 0 Å². The van der Waals surface area contributed by atoms with Gasteiger partial charge in [0.05, 0.1) is 16.8 Å². The van der Waals surface area contributed by atoms with E-state index in [2.05, 4.69) is 183 Å². The maximum atomic E-state index is 2.44. The van der Waals surface area contributed by atoms with Crippen LogP contribution in [0.3, 0.4) is 0 Å². The molecule has 7 aromatic carbocycles. The summed E-state index contributed by atoms with van der Waals surface area (Å²) in [6.07, 6.45) is 0. The summed E-state index contributed by atoms with van der Waals surface area (Å²) in [7, 11) is 0. The zero-order chi connectivity index (χ0) is 31.3. The molecule has 2 aliphatic carbocycles. The standard InChI is InChI=1S/C46H33N/c1-45(2)39-21-9-11-24-42(39)47(43-25-12-10-22-40(43)45)31-28-26-30(27-29-31)32-17-13-23-41-44(32)35-16-5-8-20-38(35)46(41)36-18-6-3-14-33(36)34-15-4-7-19-37(34)46/h3-29H,1-2H3. The molecule has 0 atom stereocenters. The molecule has 47 heavy (non-hydrogen) atoms. The van der Waals surface area contributed by atoms with Gasteiger partial charge in [-0.05, 0) is 91.0 Å². The van der Waals surface area contributed by atoms with E-state index in [0.29, 0.717) is 0 Å². The maximum Gasteiger partial charge on any atom is 0.0725 e. The summed E-state index contributed by atoms with van der Waals surface area (Å²) in [5.74, 6) is 0. The zero-order valence-corrected chi connectivity index (χ0v) is 26.5. The molecule has 1 heteroatoms. The van der Waals surface area contributed by atoms with Crippen molar-refractivity contribution in [3.8, 4) is 33.4 Å². The Labute approximate surface area is 276 Å². The topological polar surface area (TPSA) is 3.24 Å². The molecular formula is C46H33N. The van der Waals surface area contributed by atoms with E-state index in [4.69, 9.17) is 0 Å². The minimum absolute atomic E-state index is 0.0744. The molecule has 0 fully saturated rings. The van der Waals surface area contributed by atoms with Crippen molar-refractivity contribution in [2.45, 2.75) is 24.7 Å². The lowest BCUT2D eigenvalue weighted by atomic mass is 9.70. The second kappa shape index (κ2) is 9.44. The highest BCUT2D eigenvalue weighted by atomic mass is 15.2. The van der Waals surface area contributed by atoms with Crippen LogP contribution in [-0.2, 0) is 10.8 Å². The van der Waals surface area contributed by atoms with Crippen molar-refractivity contribution in [2.75, 3.05) is 4.90 Å². The molecule has 0 radical (unpaired) electrons. The first-order valence-corrected chi connectivity index (χ1v) is 16.6. The van der Waals surface area contributed by atoms with E-state index in [1.807, 2.05) is 0 Å². The van der Waals surface area contributed by atoms with Crippen molar-refractivity contribution in [3.63, 3.8) is 0 Å². The molecule has 10 rings (SSSR count). The fourth-order valence-electron chi connectivity index (χ4n) is 9.12. The Bertz CT molecular complexity index is 2300. The predicted octanol–water partition coefficient (Wildman–Crippen LogP) is 11.8. The van der Waals surface area contributed by atoms with Gasteiger partial charge >= 0.3 is 0 Å². The van der Waals surface area contributed by atoms with Crippen LogP contribution in [0.15, 0.2) is 164 Å². The van der Waals surface area contributed by atoms with Gasteiger partial charge < -0.3 is 4.90 Å². The van der Waals surface area contributed by atoms with Crippen LogP contribution in [0.2, 0.25) is 0 Å². The summed E-state index contributed by atoms with van der Waals surface area (Å²) in [4.78, 5) is 2.44. The molecule has 1 heterocycles. The van der Waals surface area contributed by atoms with Crippen LogP contribution in [0.25, 0.3) is 33.4 Å². The van der Waals surface area contributed by atoms with Crippen LogP contribution in [0.1, 0.15) is 47.2 Å². The average molecular weight is 600 g/mol. The Hall–Kier alpha value is -5.66. The Balaban J connectivity index is 1.16. The van der Waals surface area contributed by atoms with Gasteiger partial charge in [0.15, 0.2) is 0 Å². The first-order chi connectivity index (χ1) is 23.1. The van der Waals surface area contributed by atoms with Crippen LogP contribution < -0.4 is 4.90 Å². The predicted molar refractivity (Wildman–Crippen MR) is 195 cm³/mol. The Kier molecular flexibility index (Phi) is 5.33. The van der Waals surface area contributed by atoms with E-state index in [1.54, 1.807) is 0 Å². The number of anilines is 3. The zero-order valence-electron chi connectivity index (χ0n) is 26.5. The van der Waals surface area contributed by atoms with Crippen LogP contribution in [0, 0.1) is 0 Å². The third-order valence-corrected chi connectivity index (χ3v) is 11.1. The van der Waals surface area contributed by atoms with Crippen LogP contribution in [0.4, 0.5) is 17.1 Å². The Morgan fingerprint density at radius 1 is 0.362 bits per heavy atom. The highest BCUT2D eigenvalue weighted by Crippen LogP contribution is 2.64. The fourth-order valence-corrected chi connectivity index (χ4v) is 9.12. The minimum atomic E-state index is -0.330. The van der Waals surface area contributed by atoms with E-state index < -0.39 is 0 Å². The Morgan fingerprint density at radius 2 is 0.787 bits per heavy atom. The molecule has 1 nitrogen and oxygen atoms in total. The normalized spacial score (nSPS) is 15.3. The van der Waals surface area contributed by atoms with Crippen LogP contribution in [-0.4, -0.2) is 0 Å². The van der Waals surface area contributed by atoms with Crippen molar-refractivity contribution < 1.29 is 0 Å². The van der Waals surface area contributed by atoms with Crippen molar-refractivity contribution in [2.24, 2.45) is 0 Å².